The summed E-state index contributed by atoms with van der Waals surface area (Å²) in [7, 11) is -4.79. The molecular formula is C53H64FN7O10S. The molecule has 0 unspecified atom stereocenters. The number of aromatic nitrogens is 2. The van der Waals surface area contributed by atoms with Crippen molar-refractivity contribution in [2.45, 2.75) is 133 Å². The first-order valence-electron chi connectivity index (χ1n) is 25.3. The van der Waals surface area contributed by atoms with Crippen LogP contribution in [-0.4, -0.2) is 101 Å². The minimum Gasteiger partial charge on any atom is -0.489 e. The number of likely N-dealkylation sites (tertiary alicyclic amines) is 1. The van der Waals surface area contributed by atoms with Crippen molar-refractivity contribution in [3.8, 4) is 23.1 Å². The van der Waals surface area contributed by atoms with Crippen molar-refractivity contribution in [1.29, 1.82) is 0 Å². The number of rotatable bonds is 14. The normalized spacial score (nSPS) is 23.8. The fourth-order valence-electron chi connectivity index (χ4n) is 11.9. The maximum absolute atomic E-state index is 15.0. The Hall–Kier alpha value is -6.02. The molecule has 2 aliphatic carbocycles. The molecule has 0 bridgehead atoms. The van der Waals surface area contributed by atoms with Gasteiger partial charge in [-0.1, -0.05) is 38.1 Å². The van der Waals surface area contributed by atoms with Gasteiger partial charge in [0.2, 0.25) is 0 Å². The first-order chi connectivity index (χ1) is 34.4. The molecule has 2 aromatic heterocycles. The van der Waals surface area contributed by atoms with Gasteiger partial charge in [-0.25, -0.2) is 17.5 Å². The quantitative estimate of drug-likeness (QED) is 0.0517. The van der Waals surface area contributed by atoms with E-state index in [-0.39, 0.29) is 76.0 Å². The van der Waals surface area contributed by atoms with E-state index >= 15 is 4.39 Å². The molecule has 3 atom stereocenters. The molecule has 1 amide bonds. The number of carbonyl (C=O) groups excluding carboxylic acids is 1. The summed E-state index contributed by atoms with van der Waals surface area (Å²) in [6.45, 7) is 10.3. The second-order valence-corrected chi connectivity index (χ2v) is 23.1. The zero-order valence-electron chi connectivity index (χ0n) is 41.2. The van der Waals surface area contributed by atoms with Gasteiger partial charge in [-0.15, -0.1) is 0 Å². The fourth-order valence-corrected chi connectivity index (χ4v) is 12.9. The van der Waals surface area contributed by atoms with Gasteiger partial charge in [0.1, 0.15) is 30.4 Å². The molecular weight excluding hydrogens is 946 g/mol. The number of aromatic amines is 1. The summed E-state index contributed by atoms with van der Waals surface area (Å²) in [6.07, 6.45) is 9.26. The van der Waals surface area contributed by atoms with Crippen molar-refractivity contribution >= 4 is 44.0 Å². The highest BCUT2D eigenvalue weighted by Crippen LogP contribution is 2.54. The zero-order valence-corrected chi connectivity index (χ0v) is 42.0. The molecule has 10 rings (SSSR count). The number of halogens is 1. The van der Waals surface area contributed by atoms with Gasteiger partial charge >= 0.3 is 0 Å². The van der Waals surface area contributed by atoms with Gasteiger partial charge in [-0.3, -0.25) is 19.8 Å². The van der Waals surface area contributed by atoms with Gasteiger partial charge in [0.25, 0.3) is 27.5 Å². The van der Waals surface area contributed by atoms with Crippen LogP contribution in [-0.2, 0) is 10.0 Å². The van der Waals surface area contributed by atoms with E-state index in [9.17, 15) is 33.5 Å². The van der Waals surface area contributed by atoms with Crippen LogP contribution in [0.4, 0.5) is 21.5 Å². The first-order valence-corrected chi connectivity index (χ1v) is 26.8. The number of piperidine rings is 1. The number of nitro benzene ring substituents is 1. The highest BCUT2D eigenvalue weighted by Gasteiger charge is 2.50. The van der Waals surface area contributed by atoms with E-state index in [0.717, 1.165) is 63.6 Å². The number of nitro groups is 1. The number of aliphatic hydroxyl groups excluding tert-OH is 1. The van der Waals surface area contributed by atoms with E-state index in [4.69, 9.17) is 14.2 Å². The van der Waals surface area contributed by atoms with Crippen LogP contribution in [0.25, 0.3) is 11.0 Å². The van der Waals surface area contributed by atoms with Crippen LogP contribution in [0.2, 0.25) is 0 Å². The summed E-state index contributed by atoms with van der Waals surface area (Å²) in [6, 6.07) is 17.7. The third-order valence-electron chi connectivity index (χ3n) is 15.9. The van der Waals surface area contributed by atoms with Gasteiger partial charge in [-0.2, -0.15) is 4.98 Å². The lowest BCUT2D eigenvalue weighted by Gasteiger charge is -2.56. The topological polar surface area (TPSA) is 222 Å². The van der Waals surface area contributed by atoms with Crippen LogP contribution in [0.3, 0.4) is 0 Å². The lowest BCUT2D eigenvalue weighted by molar-refractivity contribution is -0.384. The Bertz CT molecular complexity index is 2970. The van der Waals surface area contributed by atoms with Crippen LogP contribution in [0, 0.1) is 27.3 Å². The number of sulfonamides is 1. The van der Waals surface area contributed by atoms with Crippen molar-refractivity contribution < 1.29 is 46.9 Å². The Kier molecular flexibility index (Phi) is 13.4. The maximum Gasteiger partial charge on any atom is 0.297 e. The first kappa shape index (κ1) is 49.6. The molecule has 3 aromatic carbocycles. The monoisotopic (exact) mass is 1010 g/mol. The van der Waals surface area contributed by atoms with E-state index in [1.165, 1.54) is 43.0 Å². The summed E-state index contributed by atoms with van der Waals surface area (Å²) in [4.78, 5) is 37.6. The second kappa shape index (κ2) is 19.4. The van der Waals surface area contributed by atoms with Crippen LogP contribution in [0.5, 0.6) is 23.1 Å². The van der Waals surface area contributed by atoms with Crippen molar-refractivity contribution in [1.82, 2.24) is 19.6 Å². The Morgan fingerprint density at radius 2 is 1.78 bits per heavy atom. The number of carbonyl (C=O) groups is 1. The number of aliphatic hydroxyl groups is 2. The van der Waals surface area contributed by atoms with E-state index in [1.807, 2.05) is 0 Å². The maximum atomic E-state index is 15.0. The number of hydrogen-bond acceptors (Lipinski definition) is 14. The molecule has 5 heterocycles. The second-order valence-electron chi connectivity index (χ2n) is 21.4. The lowest BCUT2D eigenvalue weighted by Crippen LogP contribution is -2.54. The number of pyridine rings is 1. The molecule has 2 saturated heterocycles. The van der Waals surface area contributed by atoms with Gasteiger partial charge in [0.15, 0.2) is 17.2 Å². The van der Waals surface area contributed by atoms with E-state index in [0.29, 0.717) is 49.4 Å². The number of hydrogen-bond donors (Lipinski definition) is 5. The third-order valence-corrected chi connectivity index (χ3v) is 17.2. The minimum atomic E-state index is -4.79. The van der Waals surface area contributed by atoms with Crippen molar-refractivity contribution in [3.63, 3.8) is 0 Å². The summed E-state index contributed by atoms with van der Waals surface area (Å²) in [5, 5.41) is 36.3. The van der Waals surface area contributed by atoms with Crippen LogP contribution in [0.15, 0.2) is 71.8 Å². The van der Waals surface area contributed by atoms with Gasteiger partial charge in [-0.05, 0) is 125 Å². The average Bonchev–Trinajstić information content (AvgIpc) is 3.97. The van der Waals surface area contributed by atoms with Crippen LogP contribution < -0.4 is 29.1 Å². The molecule has 5 aromatic rings. The molecule has 384 valence electrons. The van der Waals surface area contributed by atoms with Gasteiger partial charge in [0.05, 0.1) is 38.5 Å². The molecule has 0 radical (unpaired) electrons. The smallest absolute Gasteiger partial charge is 0.297 e. The molecule has 2 saturated carbocycles. The minimum absolute atomic E-state index is 0.0347. The van der Waals surface area contributed by atoms with Crippen molar-refractivity contribution in [2.75, 3.05) is 43.1 Å². The Morgan fingerprint density at radius 1 is 1.03 bits per heavy atom. The SMILES string of the molecule is CC(C)c1ccccc1[C@H]1CCCN1C1CC2(CCN(c3ccc(C(=O)NS(=O)(=O)c4cc5c(c([N+](=O)[O-])c4)N[C@@H](C4CCC(C)(O)CC4)CO5)c(Oc4cc5c(F)c[nH]c5nc4OC[C@H](C)O)c3)CC2)C1. The number of nitrogens with zero attached hydrogens (tertiary/aromatic N) is 4. The predicted molar refractivity (Wildman–Crippen MR) is 269 cm³/mol. The Morgan fingerprint density at radius 3 is 2.50 bits per heavy atom. The molecule has 3 aliphatic heterocycles. The van der Waals surface area contributed by atoms with E-state index in [2.05, 4.69) is 67.9 Å². The number of fused-ring (bicyclic) bond motifs is 2. The average molecular weight is 1010 g/mol. The molecule has 5 N–H and O–H groups in total. The van der Waals surface area contributed by atoms with Gasteiger partial charge in [0, 0.05) is 61.3 Å². The molecule has 1 spiro atoms. The molecule has 5 aliphatic rings. The highest BCUT2D eigenvalue weighted by molar-refractivity contribution is 7.90. The Labute approximate surface area is 418 Å². The molecule has 19 heteroatoms. The molecule has 72 heavy (non-hydrogen) atoms. The third kappa shape index (κ3) is 9.92. The molecule has 17 nitrogen and oxygen atoms in total. The van der Waals surface area contributed by atoms with Crippen molar-refractivity contribution in [2.24, 2.45) is 11.3 Å². The summed E-state index contributed by atoms with van der Waals surface area (Å²) in [5.74, 6) is -1.57. The lowest BCUT2D eigenvalue weighted by atomic mass is 9.59. The predicted octanol–water partition coefficient (Wildman–Crippen LogP) is 9.10. The number of nitrogens with one attached hydrogen (secondary N) is 3. The Balaban J connectivity index is 0.900. The zero-order chi connectivity index (χ0) is 50.7. The highest BCUT2D eigenvalue weighted by atomic mass is 32.2. The number of H-pyrrole nitrogens is 1. The van der Waals surface area contributed by atoms with Gasteiger partial charge < -0.3 is 39.6 Å². The fraction of sp³-hybridized carbons (Fsp3) is 0.509. The number of anilines is 2. The molecule has 4 fully saturated rings. The number of ether oxygens (including phenoxy) is 3. The summed E-state index contributed by atoms with van der Waals surface area (Å²) in [5.41, 5.74) is 2.46. The number of amides is 1. The van der Waals surface area contributed by atoms with E-state index in [1.54, 1.807) is 19.1 Å². The van der Waals surface area contributed by atoms with Crippen molar-refractivity contribution in [3.05, 3.63) is 99.5 Å². The van der Waals surface area contributed by atoms with Crippen LogP contribution >= 0.6 is 0 Å². The summed E-state index contributed by atoms with van der Waals surface area (Å²) < 4.78 is 63.6. The number of benzene rings is 3. The van der Waals surface area contributed by atoms with E-state index < -0.39 is 49.0 Å². The van der Waals surface area contributed by atoms with Crippen LogP contribution in [0.1, 0.15) is 125 Å². The summed E-state index contributed by atoms with van der Waals surface area (Å²) >= 11 is 0. The standard InChI is InChI=1S/C53H64FN7O10S/c1-31(2)37-8-5-6-9-38(37)43-10-7-19-60(43)35-26-53(27-35)17-20-59(21-18-53)34-11-12-39(45(22-34)71-47-25-40-41(54)28-55-49(40)57-51(47)70-29-32(3)62)50(63)58-72(67,68)36-23-44(61(65)66)48-46(24-36)69-30-42(56-48)33-13-15-52(4,64)16-14-33/h5-6,8-9,11-12,22-25,28,31-33,35,42-43,56,62,64H,7,10,13-21,26-27,29-30H2,1-4H3,(H,55,57)(H,58,63)/t32-,33?,42+,43+,52?/m0/s1. The largest absolute Gasteiger partial charge is 0.489 e.